The fourth-order valence-electron chi connectivity index (χ4n) is 1.83. The smallest absolute Gasteiger partial charge is 0.332 e. The van der Waals surface area contributed by atoms with Gasteiger partial charge in [0.05, 0.1) is 23.0 Å². The Labute approximate surface area is 129 Å². The van der Waals surface area contributed by atoms with Gasteiger partial charge in [0.1, 0.15) is 6.04 Å². The minimum Gasteiger partial charge on any atom is -0.463 e. The van der Waals surface area contributed by atoms with Gasteiger partial charge in [-0.1, -0.05) is 11.6 Å². The molecule has 21 heavy (non-hydrogen) atoms. The van der Waals surface area contributed by atoms with Crippen LogP contribution < -0.4 is 5.32 Å². The van der Waals surface area contributed by atoms with Crippen LogP contribution in [0.15, 0.2) is 11.8 Å². The number of aromatic nitrogens is 2. The number of halogens is 1. The van der Waals surface area contributed by atoms with Crippen LogP contribution >= 0.6 is 11.6 Å². The van der Waals surface area contributed by atoms with Gasteiger partial charge in [-0.15, -0.1) is 0 Å². The summed E-state index contributed by atoms with van der Waals surface area (Å²) in [5.41, 5.74) is 1.81. The molecule has 1 rings (SSSR count). The maximum atomic E-state index is 12.2. The van der Waals surface area contributed by atoms with Gasteiger partial charge in [0.15, 0.2) is 0 Å². The molecule has 7 heteroatoms. The van der Waals surface area contributed by atoms with E-state index in [-0.39, 0.29) is 12.5 Å². The van der Waals surface area contributed by atoms with Gasteiger partial charge in [0.25, 0.3) is 0 Å². The van der Waals surface area contributed by atoms with Crippen molar-refractivity contribution in [2.45, 2.75) is 40.7 Å². The molecule has 1 heterocycles. The number of allylic oxidation sites excluding steroid dienone is 1. The second kappa shape index (κ2) is 7.26. The van der Waals surface area contributed by atoms with Gasteiger partial charge in [-0.3, -0.25) is 9.48 Å². The van der Waals surface area contributed by atoms with Crippen LogP contribution in [0.5, 0.6) is 0 Å². The first-order valence-electron chi connectivity index (χ1n) is 6.65. The Balaban J connectivity index is 2.79. The highest BCUT2D eigenvalue weighted by atomic mass is 35.5. The molecule has 0 radical (unpaired) electrons. The largest absolute Gasteiger partial charge is 0.463 e. The predicted octanol–water partition coefficient (Wildman–Crippen LogP) is 2.30. The summed E-state index contributed by atoms with van der Waals surface area (Å²) in [4.78, 5) is 23.5. The van der Waals surface area contributed by atoms with E-state index in [1.165, 1.54) is 6.08 Å². The molecule has 1 atom stereocenters. The van der Waals surface area contributed by atoms with Crippen LogP contribution in [-0.2, 0) is 14.3 Å². The van der Waals surface area contributed by atoms with Crippen LogP contribution in [0.1, 0.15) is 38.2 Å². The van der Waals surface area contributed by atoms with Gasteiger partial charge < -0.3 is 10.1 Å². The molecule has 1 aromatic heterocycles. The van der Waals surface area contributed by atoms with Gasteiger partial charge in [-0.25, -0.2) is 4.79 Å². The molecule has 0 aliphatic heterocycles. The minimum atomic E-state index is -0.540. The molecule has 0 aromatic carbocycles. The lowest BCUT2D eigenvalue weighted by Crippen LogP contribution is -2.31. The van der Waals surface area contributed by atoms with Crippen molar-refractivity contribution in [3.05, 3.63) is 28.2 Å². The number of nitrogens with zero attached hydrogens (tertiary/aromatic N) is 2. The normalized spacial score (nSPS) is 13.0. The van der Waals surface area contributed by atoms with Gasteiger partial charge in [0, 0.05) is 11.8 Å². The number of aryl methyl sites for hydroxylation is 1. The molecule has 1 unspecified atom stereocenters. The lowest BCUT2D eigenvalue weighted by Gasteiger charge is -2.14. The molecule has 116 valence electrons. The zero-order valence-corrected chi connectivity index (χ0v) is 13.6. The molecule has 0 saturated heterocycles. The zero-order valence-electron chi connectivity index (χ0n) is 12.9. The summed E-state index contributed by atoms with van der Waals surface area (Å²) < 4.78 is 6.34. The summed E-state index contributed by atoms with van der Waals surface area (Å²) in [7, 11) is 0. The van der Waals surface area contributed by atoms with Crippen molar-refractivity contribution in [1.82, 2.24) is 15.1 Å². The number of hydrogen-bond acceptors (Lipinski definition) is 4. The number of nitrogens with one attached hydrogen (secondary N) is 1. The molecule has 1 amide bonds. The Bertz CT molecular complexity index is 578. The first-order valence-corrected chi connectivity index (χ1v) is 7.02. The Hall–Kier alpha value is -1.82. The summed E-state index contributed by atoms with van der Waals surface area (Å²) in [6.45, 7) is 8.92. The monoisotopic (exact) mass is 313 g/mol. The van der Waals surface area contributed by atoms with Crippen LogP contribution in [0.2, 0.25) is 5.02 Å². The number of amides is 1. The van der Waals surface area contributed by atoms with Crippen LogP contribution in [0, 0.1) is 13.8 Å². The van der Waals surface area contributed by atoms with Crippen molar-refractivity contribution in [3.8, 4) is 0 Å². The molecular weight excluding hydrogens is 294 g/mol. The Morgan fingerprint density at radius 2 is 2.10 bits per heavy atom. The first kappa shape index (κ1) is 17.2. The lowest BCUT2D eigenvalue weighted by atomic mass is 10.3. The zero-order chi connectivity index (χ0) is 16.2. The summed E-state index contributed by atoms with van der Waals surface area (Å²) in [6.07, 6.45) is 1.24. The van der Waals surface area contributed by atoms with E-state index in [0.717, 1.165) is 5.69 Å². The molecule has 0 saturated carbocycles. The maximum Gasteiger partial charge on any atom is 0.332 e. The SMILES string of the molecule is CCOC(=O)/C=C(\C)NC(=O)C(C)n1nc(C)c(Cl)c1C. The van der Waals surface area contributed by atoms with Crippen molar-refractivity contribution < 1.29 is 14.3 Å². The number of ether oxygens (including phenoxy) is 1. The molecule has 1 N–H and O–H groups in total. The third kappa shape index (κ3) is 4.32. The molecule has 0 fully saturated rings. The topological polar surface area (TPSA) is 73.2 Å². The molecule has 0 bridgehead atoms. The predicted molar refractivity (Wildman–Crippen MR) is 80.0 cm³/mol. The van der Waals surface area contributed by atoms with E-state index >= 15 is 0 Å². The second-order valence-corrected chi connectivity index (χ2v) is 5.05. The Morgan fingerprint density at radius 3 is 2.57 bits per heavy atom. The van der Waals surface area contributed by atoms with Crippen molar-refractivity contribution in [1.29, 1.82) is 0 Å². The van der Waals surface area contributed by atoms with Crippen molar-refractivity contribution in [2.24, 2.45) is 0 Å². The first-order chi connectivity index (χ1) is 9.77. The van der Waals surface area contributed by atoms with Crippen molar-refractivity contribution in [2.75, 3.05) is 6.61 Å². The van der Waals surface area contributed by atoms with Crippen molar-refractivity contribution >= 4 is 23.5 Å². The third-order valence-electron chi connectivity index (χ3n) is 2.92. The number of rotatable bonds is 5. The molecule has 6 nitrogen and oxygen atoms in total. The molecule has 0 aliphatic carbocycles. The summed E-state index contributed by atoms with van der Waals surface area (Å²) in [5, 5.41) is 7.43. The van der Waals surface area contributed by atoms with Crippen LogP contribution in [0.4, 0.5) is 0 Å². The highest BCUT2D eigenvalue weighted by Crippen LogP contribution is 2.22. The second-order valence-electron chi connectivity index (χ2n) is 4.67. The van der Waals surface area contributed by atoms with Crippen LogP contribution in [0.3, 0.4) is 0 Å². The summed E-state index contributed by atoms with van der Waals surface area (Å²) in [6, 6.07) is -0.540. The highest BCUT2D eigenvalue weighted by molar-refractivity contribution is 6.31. The van der Waals surface area contributed by atoms with E-state index in [1.54, 1.807) is 39.3 Å². The van der Waals surface area contributed by atoms with Gasteiger partial charge in [-0.2, -0.15) is 5.10 Å². The maximum absolute atomic E-state index is 12.2. The van der Waals surface area contributed by atoms with E-state index in [2.05, 4.69) is 10.4 Å². The highest BCUT2D eigenvalue weighted by Gasteiger charge is 2.20. The number of hydrogen-bond donors (Lipinski definition) is 1. The molecule has 0 aliphatic rings. The van der Waals surface area contributed by atoms with E-state index in [1.807, 2.05) is 0 Å². The van der Waals surface area contributed by atoms with E-state index in [9.17, 15) is 9.59 Å². The van der Waals surface area contributed by atoms with Crippen LogP contribution in [-0.4, -0.2) is 28.3 Å². The fourth-order valence-corrected chi connectivity index (χ4v) is 1.95. The van der Waals surface area contributed by atoms with E-state index in [4.69, 9.17) is 16.3 Å². The Morgan fingerprint density at radius 1 is 1.48 bits per heavy atom. The summed E-state index contributed by atoms with van der Waals surface area (Å²) >= 11 is 6.07. The average molecular weight is 314 g/mol. The Kier molecular flexibility index (Phi) is 5.96. The number of esters is 1. The van der Waals surface area contributed by atoms with E-state index in [0.29, 0.717) is 16.4 Å². The number of carbonyl (C=O) groups is 2. The van der Waals surface area contributed by atoms with Gasteiger partial charge in [-0.05, 0) is 34.6 Å². The average Bonchev–Trinajstić information content (AvgIpc) is 2.65. The number of carbonyl (C=O) groups excluding carboxylic acids is 2. The van der Waals surface area contributed by atoms with E-state index < -0.39 is 12.0 Å². The molecular formula is C14H20ClN3O3. The standard InChI is InChI=1S/C14H20ClN3O3/c1-6-21-12(19)7-8(2)16-14(20)11(5)18-10(4)13(15)9(3)17-18/h7,11H,6H2,1-5H3,(H,16,20)/b8-7+. The molecule has 1 aromatic rings. The minimum absolute atomic E-state index is 0.282. The summed E-state index contributed by atoms with van der Waals surface area (Å²) in [5.74, 6) is -0.771. The van der Waals surface area contributed by atoms with Gasteiger partial charge in [0.2, 0.25) is 5.91 Å². The molecule has 0 spiro atoms. The fraction of sp³-hybridized carbons (Fsp3) is 0.500. The van der Waals surface area contributed by atoms with Crippen LogP contribution in [0.25, 0.3) is 0 Å². The van der Waals surface area contributed by atoms with Crippen molar-refractivity contribution in [3.63, 3.8) is 0 Å². The van der Waals surface area contributed by atoms with Gasteiger partial charge >= 0.3 is 5.97 Å². The lowest BCUT2D eigenvalue weighted by molar-refractivity contribution is -0.137. The third-order valence-corrected chi connectivity index (χ3v) is 3.47. The quantitative estimate of drug-likeness (QED) is 0.668.